The minimum absolute atomic E-state index is 0.0891. The first-order valence-electron chi connectivity index (χ1n) is 7.57. The Morgan fingerprint density at radius 3 is 2.32 bits per heavy atom. The molecule has 0 spiro atoms. The smallest absolute Gasteiger partial charge is 0.249 e. The van der Waals surface area contributed by atoms with Gasteiger partial charge in [-0.05, 0) is 27.7 Å². The van der Waals surface area contributed by atoms with Crippen LogP contribution in [0.25, 0.3) is 0 Å². The fraction of sp³-hybridized carbons (Fsp3) is 0.800. The maximum Gasteiger partial charge on any atom is 0.249 e. The summed E-state index contributed by atoms with van der Waals surface area (Å²) in [4.78, 5) is 0.285. The van der Waals surface area contributed by atoms with Crippen molar-refractivity contribution in [2.24, 2.45) is 0 Å². The fourth-order valence-electron chi connectivity index (χ4n) is 2.49. The van der Waals surface area contributed by atoms with E-state index >= 15 is 0 Å². The Morgan fingerprint density at radius 2 is 1.91 bits per heavy atom. The topological polar surface area (TPSA) is 64.4 Å². The molecule has 0 amide bonds. The standard InChI is InChI=1S/C15H27N3O3S/c1-11(2)17-8-12(13(16-17)14(3,4)5)22(19,20)18-10-21-9-15(18,6)7/h8,11H,9-10H2,1-7H3. The highest BCUT2D eigenvalue weighted by Gasteiger charge is 2.44. The lowest BCUT2D eigenvalue weighted by Gasteiger charge is -2.29. The van der Waals surface area contributed by atoms with Gasteiger partial charge >= 0.3 is 0 Å². The molecule has 0 N–H and O–H groups in total. The van der Waals surface area contributed by atoms with Crippen LogP contribution in [0.4, 0.5) is 0 Å². The van der Waals surface area contributed by atoms with Crippen molar-refractivity contribution >= 4 is 10.0 Å². The highest BCUT2D eigenvalue weighted by atomic mass is 32.2. The van der Waals surface area contributed by atoms with Gasteiger partial charge < -0.3 is 4.74 Å². The first-order valence-corrected chi connectivity index (χ1v) is 9.01. The molecule has 0 radical (unpaired) electrons. The van der Waals surface area contributed by atoms with Crippen molar-refractivity contribution in [1.82, 2.24) is 14.1 Å². The maximum absolute atomic E-state index is 13.1. The maximum atomic E-state index is 13.1. The van der Waals surface area contributed by atoms with Crippen LogP contribution >= 0.6 is 0 Å². The van der Waals surface area contributed by atoms with Gasteiger partial charge in [-0.1, -0.05) is 20.8 Å². The molecule has 1 saturated heterocycles. The van der Waals surface area contributed by atoms with E-state index in [9.17, 15) is 8.42 Å². The molecule has 7 heteroatoms. The molecule has 1 fully saturated rings. The summed E-state index contributed by atoms with van der Waals surface area (Å²) in [5.74, 6) is 0. The molecule has 1 aliphatic rings. The molecule has 22 heavy (non-hydrogen) atoms. The molecular formula is C15H27N3O3S. The molecule has 1 aliphatic heterocycles. The summed E-state index contributed by atoms with van der Waals surface area (Å²) in [7, 11) is -3.65. The van der Waals surface area contributed by atoms with E-state index in [-0.39, 0.29) is 23.1 Å². The molecular weight excluding hydrogens is 302 g/mol. The summed E-state index contributed by atoms with van der Waals surface area (Å²) in [6.45, 7) is 14.1. The average Bonchev–Trinajstić information content (AvgIpc) is 2.91. The Balaban J connectivity index is 2.60. The summed E-state index contributed by atoms with van der Waals surface area (Å²) in [6.07, 6.45) is 1.65. The molecule has 1 aromatic rings. The van der Waals surface area contributed by atoms with Crippen molar-refractivity contribution in [3.8, 4) is 0 Å². The summed E-state index contributed by atoms with van der Waals surface area (Å²) in [5, 5.41) is 4.54. The van der Waals surface area contributed by atoms with E-state index < -0.39 is 15.6 Å². The molecule has 126 valence electrons. The highest BCUT2D eigenvalue weighted by molar-refractivity contribution is 7.89. The van der Waals surface area contributed by atoms with Crippen LogP contribution in [-0.2, 0) is 20.2 Å². The van der Waals surface area contributed by atoms with Crippen molar-refractivity contribution in [3.05, 3.63) is 11.9 Å². The Bertz CT molecular complexity index is 654. The minimum Gasteiger partial charge on any atom is -0.363 e. The van der Waals surface area contributed by atoms with E-state index in [4.69, 9.17) is 4.74 Å². The highest BCUT2D eigenvalue weighted by Crippen LogP contribution is 2.34. The van der Waals surface area contributed by atoms with Crippen LogP contribution < -0.4 is 0 Å². The SMILES string of the molecule is CC(C)n1cc(S(=O)(=O)N2COCC2(C)C)c(C(C)(C)C)n1. The number of nitrogens with zero attached hydrogens (tertiary/aromatic N) is 3. The van der Waals surface area contributed by atoms with Crippen molar-refractivity contribution < 1.29 is 13.2 Å². The molecule has 2 rings (SSSR count). The summed E-state index contributed by atoms with van der Waals surface area (Å²) >= 11 is 0. The lowest BCUT2D eigenvalue weighted by molar-refractivity contribution is 0.171. The number of rotatable bonds is 3. The Hall–Kier alpha value is -0.920. The molecule has 0 aliphatic carbocycles. The van der Waals surface area contributed by atoms with Crippen LogP contribution in [-0.4, -0.2) is 41.4 Å². The van der Waals surface area contributed by atoms with Crippen LogP contribution in [0.5, 0.6) is 0 Å². The van der Waals surface area contributed by atoms with Crippen LogP contribution in [0.3, 0.4) is 0 Å². The summed E-state index contributed by atoms with van der Waals surface area (Å²) in [5.41, 5.74) is -0.301. The average molecular weight is 329 g/mol. The monoisotopic (exact) mass is 329 g/mol. The van der Waals surface area contributed by atoms with Crippen molar-refractivity contribution in [2.45, 2.75) is 70.4 Å². The molecule has 0 atom stereocenters. The first-order chi connectivity index (χ1) is 9.87. The van der Waals surface area contributed by atoms with Gasteiger partial charge in [0.25, 0.3) is 0 Å². The minimum atomic E-state index is -3.65. The lowest BCUT2D eigenvalue weighted by atomic mass is 9.92. The van der Waals surface area contributed by atoms with Crippen molar-refractivity contribution in [1.29, 1.82) is 0 Å². The number of hydrogen-bond donors (Lipinski definition) is 0. The third-order valence-corrected chi connectivity index (χ3v) is 5.88. The summed E-state index contributed by atoms with van der Waals surface area (Å²) < 4.78 is 34.8. The van der Waals surface area contributed by atoms with E-state index in [0.717, 1.165) is 0 Å². The molecule has 0 bridgehead atoms. The van der Waals surface area contributed by atoms with Gasteiger partial charge in [0.15, 0.2) is 0 Å². The largest absolute Gasteiger partial charge is 0.363 e. The van der Waals surface area contributed by atoms with Crippen LogP contribution in [0.1, 0.15) is 60.2 Å². The van der Waals surface area contributed by atoms with E-state index in [0.29, 0.717) is 12.3 Å². The normalized spacial score (nSPS) is 20.0. The fourth-order valence-corrected chi connectivity index (χ4v) is 4.47. The molecule has 2 heterocycles. The predicted octanol–water partition coefficient (Wildman–Crippen LogP) is 2.52. The van der Waals surface area contributed by atoms with Gasteiger partial charge in [0.1, 0.15) is 11.6 Å². The Labute approximate surface area is 133 Å². The quantitative estimate of drug-likeness (QED) is 0.855. The second-order valence-corrected chi connectivity index (χ2v) is 9.64. The predicted molar refractivity (Wildman–Crippen MR) is 85.2 cm³/mol. The van der Waals surface area contributed by atoms with Crippen molar-refractivity contribution in [3.63, 3.8) is 0 Å². The second-order valence-electron chi connectivity index (χ2n) is 7.81. The number of hydrogen-bond acceptors (Lipinski definition) is 4. The van der Waals surface area contributed by atoms with Gasteiger partial charge in [-0.2, -0.15) is 9.40 Å². The zero-order valence-corrected chi connectivity index (χ0v) is 15.4. The van der Waals surface area contributed by atoms with Crippen LogP contribution in [0.15, 0.2) is 11.1 Å². The Morgan fingerprint density at radius 1 is 1.32 bits per heavy atom. The van der Waals surface area contributed by atoms with Gasteiger partial charge in [-0.25, -0.2) is 8.42 Å². The van der Waals surface area contributed by atoms with Gasteiger partial charge in [0.2, 0.25) is 10.0 Å². The van der Waals surface area contributed by atoms with E-state index in [1.54, 1.807) is 10.9 Å². The number of aromatic nitrogens is 2. The van der Waals surface area contributed by atoms with E-state index in [1.807, 2.05) is 48.5 Å². The molecule has 0 aromatic carbocycles. The summed E-state index contributed by atoms with van der Waals surface area (Å²) in [6, 6.07) is 0.105. The van der Waals surface area contributed by atoms with E-state index in [2.05, 4.69) is 5.10 Å². The zero-order chi connectivity index (χ0) is 16.9. The molecule has 1 aromatic heterocycles. The van der Waals surface area contributed by atoms with Gasteiger partial charge in [0.05, 0.1) is 17.8 Å². The third-order valence-electron chi connectivity index (χ3n) is 3.84. The van der Waals surface area contributed by atoms with Crippen LogP contribution in [0.2, 0.25) is 0 Å². The number of ether oxygens (including phenoxy) is 1. The van der Waals surface area contributed by atoms with E-state index in [1.165, 1.54) is 4.31 Å². The van der Waals surface area contributed by atoms with Gasteiger partial charge in [-0.15, -0.1) is 0 Å². The first kappa shape index (κ1) is 17.4. The van der Waals surface area contributed by atoms with Crippen molar-refractivity contribution in [2.75, 3.05) is 13.3 Å². The van der Waals surface area contributed by atoms with Gasteiger partial charge in [-0.3, -0.25) is 4.68 Å². The Kier molecular flexibility index (Phi) is 4.21. The molecule has 6 nitrogen and oxygen atoms in total. The van der Waals surface area contributed by atoms with Crippen LogP contribution in [0, 0.1) is 0 Å². The molecule has 0 saturated carbocycles. The second kappa shape index (κ2) is 5.32. The zero-order valence-electron chi connectivity index (χ0n) is 14.5. The third kappa shape index (κ3) is 2.94. The molecule has 0 unspecified atom stereocenters. The number of sulfonamides is 1. The van der Waals surface area contributed by atoms with Gasteiger partial charge in [0, 0.05) is 17.7 Å². The lowest BCUT2D eigenvalue weighted by Crippen LogP contribution is -2.44.